The summed E-state index contributed by atoms with van der Waals surface area (Å²) in [5.74, 6) is 0.0587. The summed E-state index contributed by atoms with van der Waals surface area (Å²) in [6.07, 6.45) is 2.07. The van der Waals surface area contributed by atoms with Crippen molar-refractivity contribution in [1.29, 1.82) is 0 Å². The van der Waals surface area contributed by atoms with Gasteiger partial charge < -0.3 is 15.4 Å². The lowest BCUT2D eigenvalue weighted by molar-refractivity contribution is 0.0526. The van der Waals surface area contributed by atoms with Gasteiger partial charge in [-0.05, 0) is 55.2 Å². The van der Waals surface area contributed by atoms with Gasteiger partial charge in [-0.25, -0.2) is 4.79 Å². The molecule has 1 atom stereocenters. The lowest BCUT2D eigenvalue weighted by Gasteiger charge is -2.18. The van der Waals surface area contributed by atoms with Crippen molar-refractivity contribution in [3.05, 3.63) is 64.7 Å². The van der Waals surface area contributed by atoms with Crippen LogP contribution in [0.25, 0.3) is 0 Å². The van der Waals surface area contributed by atoms with Crippen LogP contribution < -0.4 is 10.6 Å². The fraction of sp³-hybridized carbons (Fsp3) is 0.333. The molecule has 0 heterocycles. The van der Waals surface area contributed by atoms with E-state index in [1.54, 1.807) is 25.1 Å². The normalized spacial score (nSPS) is 11.5. The standard InChI is InChI=1S/C21H25ClN2O2S/c1-3-15(12-16-8-6-5-7-9-16)14-23-21(27)24-17-10-11-18(19(22)13-17)20(25)26-4-2/h5-11,13,15H,3-4,12,14H2,1-2H3,(H2,23,24,27). The number of benzene rings is 2. The SMILES string of the molecule is CCOC(=O)c1ccc(NC(=S)NCC(CC)Cc2ccccc2)cc1Cl. The van der Waals surface area contributed by atoms with E-state index in [1.807, 2.05) is 6.07 Å². The molecule has 2 rings (SSSR count). The van der Waals surface area contributed by atoms with Crippen molar-refractivity contribution in [2.24, 2.45) is 5.92 Å². The summed E-state index contributed by atoms with van der Waals surface area (Å²) in [4.78, 5) is 11.8. The van der Waals surface area contributed by atoms with Crippen LogP contribution in [0.15, 0.2) is 48.5 Å². The summed E-state index contributed by atoms with van der Waals surface area (Å²) in [5.41, 5.74) is 2.39. The number of hydrogen-bond donors (Lipinski definition) is 2. The van der Waals surface area contributed by atoms with Crippen LogP contribution in [-0.2, 0) is 11.2 Å². The molecule has 0 spiro atoms. The predicted octanol–water partition coefficient (Wildman–Crippen LogP) is 5.07. The minimum absolute atomic E-state index is 0.310. The molecule has 4 nitrogen and oxygen atoms in total. The monoisotopic (exact) mass is 404 g/mol. The Balaban J connectivity index is 1.87. The Hall–Kier alpha value is -2.11. The number of rotatable bonds is 8. The topological polar surface area (TPSA) is 50.4 Å². The van der Waals surface area contributed by atoms with Crippen molar-refractivity contribution >= 4 is 40.6 Å². The maximum absolute atomic E-state index is 11.8. The number of nitrogens with one attached hydrogen (secondary N) is 2. The summed E-state index contributed by atoms with van der Waals surface area (Å²) in [6.45, 7) is 5.03. The predicted molar refractivity (Wildman–Crippen MR) is 116 cm³/mol. The molecule has 0 aliphatic rings. The van der Waals surface area contributed by atoms with Crippen LogP contribution in [0.4, 0.5) is 5.69 Å². The smallest absolute Gasteiger partial charge is 0.339 e. The number of halogens is 1. The van der Waals surface area contributed by atoms with Crippen molar-refractivity contribution in [1.82, 2.24) is 5.32 Å². The van der Waals surface area contributed by atoms with E-state index in [0.717, 1.165) is 25.1 Å². The van der Waals surface area contributed by atoms with Gasteiger partial charge in [-0.15, -0.1) is 0 Å². The van der Waals surface area contributed by atoms with E-state index in [2.05, 4.69) is 41.8 Å². The van der Waals surface area contributed by atoms with Gasteiger partial charge in [0.1, 0.15) is 0 Å². The highest BCUT2D eigenvalue weighted by molar-refractivity contribution is 7.80. The molecule has 0 aromatic heterocycles. The highest BCUT2D eigenvalue weighted by Gasteiger charge is 2.13. The maximum atomic E-state index is 11.8. The van der Waals surface area contributed by atoms with Gasteiger partial charge in [0.05, 0.1) is 17.2 Å². The first-order chi connectivity index (χ1) is 13.0. The van der Waals surface area contributed by atoms with Crippen LogP contribution in [0.5, 0.6) is 0 Å². The third-order valence-electron chi connectivity index (χ3n) is 4.22. The molecule has 1 unspecified atom stereocenters. The molecule has 2 aromatic rings. The molecule has 0 fully saturated rings. The molecule has 0 aliphatic heterocycles. The number of carbonyl (C=O) groups excluding carboxylic acids is 1. The zero-order valence-electron chi connectivity index (χ0n) is 15.6. The highest BCUT2D eigenvalue weighted by atomic mass is 35.5. The Morgan fingerprint density at radius 3 is 2.56 bits per heavy atom. The van der Waals surface area contributed by atoms with E-state index in [1.165, 1.54) is 5.56 Å². The van der Waals surface area contributed by atoms with Crippen molar-refractivity contribution < 1.29 is 9.53 Å². The molecular formula is C21H25ClN2O2S. The summed E-state index contributed by atoms with van der Waals surface area (Å²) in [5, 5.41) is 7.23. The van der Waals surface area contributed by atoms with E-state index < -0.39 is 5.97 Å². The van der Waals surface area contributed by atoms with E-state index >= 15 is 0 Å². The highest BCUT2D eigenvalue weighted by Crippen LogP contribution is 2.22. The summed E-state index contributed by atoms with van der Waals surface area (Å²) < 4.78 is 4.97. The molecule has 0 saturated heterocycles. The molecule has 6 heteroatoms. The second-order valence-electron chi connectivity index (χ2n) is 6.21. The summed E-state index contributed by atoms with van der Waals surface area (Å²) >= 11 is 11.6. The van der Waals surface area contributed by atoms with Crippen LogP contribution in [0, 0.1) is 5.92 Å². The molecule has 0 aliphatic carbocycles. The van der Waals surface area contributed by atoms with E-state index in [0.29, 0.717) is 28.2 Å². The van der Waals surface area contributed by atoms with Gasteiger partial charge in [-0.1, -0.05) is 55.3 Å². The largest absolute Gasteiger partial charge is 0.462 e. The minimum atomic E-state index is -0.429. The van der Waals surface area contributed by atoms with Crippen molar-refractivity contribution in [2.45, 2.75) is 26.7 Å². The molecule has 144 valence electrons. The van der Waals surface area contributed by atoms with Crippen molar-refractivity contribution in [2.75, 3.05) is 18.5 Å². The number of esters is 1. The van der Waals surface area contributed by atoms with Gasteiger partial charge in [-0.2, -0.15) is 0 Å². The van der Waals surface area contributed by atoms with E-state index in [4.69, 9.17) is 28.6 Å². The minimum Gasteiger partial charge on any atom is -0.462 e. The Kier molecular flexibility index (Phi) is 8.55. The fourth-order valence-corrected chi connectivity index (χ4v) is 3.15. The Morgan fingerprint density at radius 1 is 1.19 bits per heavy atom. The Morgan fingerprint density at radius 2 is 1.93 bits per heavy atom. The van der Waals surface area contributed by atoms with Crippen LogP contribution in [0.3, 0.4) is 0 Å². The van der Waals surface area contributed by atoms with Crippen LogP contribution >= 0.6 is 23.8 Å². The zero-order chi connectivity index (χ0) is 19.6. The molecule has 2 aromatic carbocycles. The Bertz CT molecular complexity index is 768. The molecule has 0 saturated carbocycles. The third-order valence-corrected chi connectivity index (χ3v) is 4.78. The lowest BCUT2D eigenvalue weighted by atomic mass is 9.97. The first-order valence-corrected chi connectivity index (χ1v) is 9.87. The number of anilines is 1. The molecular weight excluding hydrogens is 380 g/mol. The van der Waals surface area contributed by atoms with Crippen molar-refractivity contribution in [3.63, 3.8) is 0 Å². The molecule has 0 bridgehead atoms. The quantitative estimate of drug-likeness (QED) is 0.475. The second-order valence-corrected chi connectivity index (χ2v) is 7.03. The average molecular weight is 405 g/mol. The van der Waals surface area contributed by atoms with E-state index in [9.17, 15) is 4.79 Å². The molecule has 2 N–H and O–H groups in total. The fourth-order valence-electron chi connectivity index (χ4n) is 2.69. The van der Waals surface area contributed by atoms with Crippen molar-refractivity contribution in [3.8, 4) is 0 Å². The second kappa shape index (κ2) is 10.9. The van der Waals surface area contributed by atoms with E-state index in [-0.39, 0.29) is 0 Å². The zero-order valence-corrected chi connectivity index (χ0v) is 17.2. The molecule has 0 radical (unpaired) electrons. The number of carbonyl (C=O) groups is 1. The molecule has 27 heavy (non-hydrogen) atoms. The maximum Gasteiger partial charge on any atom is 0.339 e. The first kappa shape index (κ1) is 21.2. The van der Waals surface area contributed by atoms with Gasteiger partial charge in [0, 0.05) is 12.2 Å². The van der Waals surface area contributed by atoms with Crippen LogP contribution in [-0.4, -0.2) is 24.2 Å². The van der Waals surface area contributed by atoms with Gasteiger partial charge >= 0.3 is 5.97 Å². The van der Waals surface area contributed by atoms with Crippen LogP contribution in [0.2, 0.25) is 5.02 Å². The first-order valence-electron chi connectivity index (χ1n) is 9.08. The summed E-state index contributed by atoms with van der Waals surface area (Å²) in [6, 6.07) is 15.5. The van der Waals surface area contributed by atoms with Gasteiger partial charge in [-0.3, -0.25) is 0 Å². The van der Waals surface area contributed by atoms with Gasteiger partial charge in [0.2, 0.25) is 0 Å². The van der Waals surface area contributed by atoms with Gasteiger partial charge in [0.25, 0.3) is 0 Å². The number of thiocarbonyl (C=S) groups is 1. The summed E-state index contributed by atoms with van der Waals surface area (Å²) in [7, 11) is 0. The average Bonchev–Trinajstić information content (AvgIpc) is 2.66. The Labute approximate surface area is 171 Å². The van der Waals surface area contributed by atoms with Gasteiger partial charge in [0.15, 0.2) is 5.11 Å². The third kappa shape index (κ3) is 6.85. The molecule has 0 amide bonds. The number of ether oxygens (including phenoxy) is 1. The lowest BCUT2D eigenvalue weighted by Crippen LogP contribution is -2.33. The van der Waals surface area contributed by atoms with Crippen LogP contribution in [0.1, 0.15) is 36.2 Å². The number of hydrogen-bond acceptors (Lipinski definition) is 3.